The Morgan fingerprint density at radius 1 is 1.22 bits per heavy atom. The van der Waals surface area contributed by atoms with Crippen LogP contribution in [0.5, 0.6) is 0 Å². The van der Waals surface area contributed by atoms with Crippen LogP contribution in [0.4, 0.5) is 0 Å². The van der Waals surface area contributed by atoms with E-state index >= 15 is 0 Å². The van der Waals surface area contributed by atoms with Crippen LogP contribution in [0.2, 0.25) is 0 Å². The number of amides is 1. The van der Waals surface area contributed by atoms with E-state index in [0.29, 0.717) is 10.2 Å². The molecule has 1 amide bonds. The summed E-state index contributed by atoms with van der Waals surface area (Å²) in [4.78, 5) is 33.7. The number of thiophene rings is 1. The van der Waals surface area contributed by atoms with Gasteiger partial charge in [0.15, 0.2) is 0 Å². The van der Waals surface area contributed by atoms with Gasteiger partial charge in [0.05, 0.1) is 24.1 Å². The second-order valence-electron chi connectivity index (χ2n) is 6.17. The zero-order chi connectivity index (χ0) is 18.8. The highest BCUT2D eigenvalue weighted by Crippen LogP contribution is 2.16. The van der Waals surface area contributed by atoms with Crippen LogP contribution >= 0.6 is 11.3 Å². The number of hydrogen-bond donors (Lipinski definition) is 1. The molecule has 0 aliphatic rings. The van der Waals surface area contributed by atoms with Gasteiger partial charge in [0.25, 0.3) is 5.56 Å². The Morgan fingerprint density at radius 2 is 2.04 bits per heavy atom. The smallest absolute Gasteiger partial charge is 0.262 e. The molecule has 8 heteroatoms. The molecule has 136 valence electrons. The summed E-state index contributed by atoms with van der Waals surface area (Å²) in [6.45, 7) is 1.85. The molecule has 4 aromatic rings. The maximum absolute atomic E-state index is 12.4. The van der Waals surface area contributed by atoms with Gasteiger partial charge in [-0.1, -0.05) is 12.1 Å². The zero-order valence-corrected chi connectivity index (χ0v) is 15.4. The average Bonchev–Trinajstić information content (AvgIpc) is 3.36. The number of hydrogen-bond acceptors (Lipinski definition) is 5. The molecule has 1 N–H and O–H groups in total. The Labute approximate surface area is 158 Å². The predicted molar refractivity (Wildman–Crippen MR) is 104 cm³/mol. The van der Waals surface area contributed by atoms with Crippen molar-refractivity contribution in [2.24, 2.45) is 0 Å². The topological polar surface area (TPSA) is 81.8 Å². The third-order valence-electron chi connectivity index (χ3n) is 4.34. The fourth-order valence-corrected chi connectivity index (χ4v) is 3.60. The SMILES string of the molecule is C[C@@H](NC(=O)Cn1cnc2sccc2c1=O)c1ccc(-n2ccnc2)cc1. The minimum atomic E-state index is -0.236. The highest BCUT2D eigenvalue weighted by atomic mass is 32.1. The minimum Gasteiger partial charge on any atom is -0.348 e. The largest absolute Gasteiger partial charge is 0.348 e. The van der Waals surface area contributed by atoms with Gasteiger partial charge in [-0.3, -0.25) is 14.2 Å². The van der Waals surface area contributed by atoms with Gasteiger partial charge in [0.1, 0.15) is 11.4 Å². The van der Waals surface area contributed by atoms with Crippen LogP contribution in [0, 0.1) is 0 Å². The fraction of sp³-hybridized carbons (Fsp3) is 0.158. The van der Waals surface area contributed by atoms with Crippen molar-refractivity contribution in [1.29, 1.82) is 0 Å². The van der Waals surface area contributed by atoms with Crippen LogP contribution in [-0.4, -0.2) is 25.0 Å². The monoisotopic (exact) mass is 379 g/mol. The van der Waals surface area contributed by atoms with E-state index in [1.54, 1.807) is 18.6 Å². The van der Waals surface area contributed by atoms with Crippen molar-refractivity contribution in [3.8, 4) is 5.69 Å². The van der Waals surface area contributed by atoms with Crippen molar-refractivity contribution >= 4 is 27.5 Å². The average molecular weight is 379 g/mol. The number of fused-ring (bicyclic) bond motifs is 1. The molecule has 0 saturated heterocycles. The van der Waals surface area contributed by atoms with Crippen molar-refractivity contribution < 1.29 is 4.79 Å². The highest BCUT2D eigenvalue weighted by Gasteiger charge is 2.12. The molecule has 27 heavy (non-hydrogen) atoms. The van der Waals surface area contributed by atoms with E-state index in [1.807, 2.05) is 47.3 Å². The van der Waals surface area contributed by atoms with Crippen molar-refractivity contribution in [3.05, 3.63) is 76.7 Å². The summed E-state index contributed by atoms with van der Waals surface area (Å²) in [5.74, 6) is -0.236. The number of rotatable bonds is 5. The van der Waals surface area contributed by atoms with Gasteiger partial charge < -0.3 is 9.88 Å². The molecule has 3 heterocycles. The molecule has 0 unspecified atom stereocenters. The normalized spacial score (nSPS) is 12.2. The molecule has 0 bridgehead atoms. The highest BCUT2D eigenvalue weighted by molar-refractivity contribution is 7.16. The summed E-state index contributed by atoms with van der Waals surface area (Å²) >= 11 is 1.41. The summed E-state index contributed by atoms with van der Waals surface area (Å²) < 4.78 is 3.24. The molecule has 1 aromatic carbocycles. The molecule has 0 radical (unpaired) electrons. The van der Waals surface area contributed by atoms with E-state index in [4.69, 9.17) is 0 Å². The molecule has 1 atom stereocenters. The summed E-state index contributed by atoms with van der Waals surface area (Å²) in [6.07, 6.45) is 6.75. The lowest BCUT2D eigenvalue weighted by atomic mass is 10.1. The van der Waals surface area contributed by atoms with E-state index in [0.717, 1.165) is 11.3 Å². The number of nitrogens with zero attached hydrogens (tertiary/aromatic N) is 4. The maximum atomic E-state index is 12.4. The number of carbonyl (C=O) groups excluding carboxylic acids is 1. The van der Waals surface area contributed by atoms with Gasteiger partial charge in [0, 0.05) is 18.1 Å². The lowest BCUT2D eigenvalue weighted by Crippen LogP contribution is -2.33. The molecular formula is C19H17N5O2S. The Kier molecular flexibility index (Phi) is 4.55. The lowest BCUT2D eigenvalue weighted by Gasteiger charge is -2.15. The quantitative estimate of drug-likeness (QED) is 0.578. The number of carbonyl (C=O) groups is 1. The third-order valence-corrected chi connectivity index (χ3v) is 5.16. The number of aromatic nitrogens is 4. The molecule has 4 rings (SSSR count). The van der Waals surface area contributed by atoms with Gasteiger partial charge in [-0.2, -0.15) is 0 Å². The summed E-state index contributed by atoms with van der Waals surface area (Å²) in [5, 5.41) is 5.28. The Bertz CT molecular complexity index is 1130. The Balaban J connectivity index is 1.44. The van der Waals surface area contributed by atoms with Crippen LogP contribution in [0.25, 0.3) is 15.9 Å². The number of nitrogens with one attached hydrogen (secondary N) is 1. The summed E-state index contributed by atoms with van der Waals surface area (Å²) in [7, 11) is 0. The molecule has 0 aliphatic heterocycles. The second kappa shape index (κ2) is 7.16. The third kappa shape index (κ3) is 3.52. The fourth-order valence-electron chi connectivity index (χ4n) is 2.88. The van der Waals surface area contributed by atoms with Crippen molar-refractivity contribution in [2.45, 2.75) is 19.5 Å². The predicted octanol–water partition coefficient (Wildman–Crippen LogP) is 2.52. The summed E-state index contributed by atoms with van der Waals surface area (Å²) in [6, 6.07) is 9.42. The standard InChI is InChI=1S/C19H17N5O2S/c1-13(14-2-4-15(5-3-14)23-8-7-20-11-23)22-17(25)10-24-12-21-18-16(19(24)26)6-9-27-18/h2-9,11-13H,10H2,1H3,(H,22,25)/t13-/m1/s1. The second-order valence-corrected chi connectivity index (χ2v) is 7.06. The summed E-state index contributed by atoms with van der Waals surface area (Å²) in [5.41, 5.74) is 1.77. The van der Waals surface area contributed by atoms with Crippen molar-refractivity contribution in [2.75, 3.05) is 0 Å². The first-order valence-corrected chi connectivity index (χ1v) is 9.30. The molecule has 0 aliphatic carbocycles. The van der Waals surface area contributed by atoms with E-state index in [2.05, 4.69) is 15.3 Å². The first-order valence-electron chi connectivity index (χ1n) is 8.42. The van der Waals surface area contributed by atoms with Crippen LogP contribution < -0.4 is 10.9 Å². The number of imidazole rings is 1. The molecule has 0 saturated carbocycles. The van der Waals surface area contributed by atoms with Gasteiger partial charge in [-0.15, -0.1) is 11.3 Å². The Morgan fingerprint density at radius 3 is 2.78 bits per heavy atom. The molecule has 3 aromatic heterocycles. The van der Waals surface area contributed by atoms with E-state index < -0.39 is 0 Å². The van der Waals surface area contributed by atoms with Gasteiger partial charge >= 0.3 is 0 Å². The number of benzene rings is 1. The van der Waals surface area contributed by atoms with E-state index in [1.165, 1.54) is 22.2 Å². The first kappa shape index (κ1) is 17.2. The van der Waals surface area contributed by atoms with Crippen LogP contribution in [-0.2, 0) is 11.3 Å². The van der Waals surface area contributed by atoms with Gasteiger partial charge in [-0.25, -0.2) is 9.97 Å². The van der Waals surface area contributed by atoms with Crippen LogP contribution in [0.3, 0.4) is 0 Å². The van der Waals surface area contributed by atoms with E-state index in [9.17, 15) is 9.59 Å². The van der Waals surface area contributed by atoms with E-state index in [-0.39, 0.29) is 24.1 Å². The zero-order valence-electron chi connectivity index (χ0n) is 14.6. The molecular weight excluding hydrogens is 362 g/mol. The van der Waals surface area contributed by atoms with Crippen molar-refractivity contribution in [3.63, 3.8) is 0 Å². The molecule has 7 nitrogen and oxygen atoms in total. The van der Waals surface area contributed by atoms with Gasteiger partial charge in [-0.05, 0) is 36.1 Å². The van der Waals surface area contributed by atoms with Crippen LogP contribution in [0.15, 0.2) is 65.6 Å². The molecule has 0 fully saturated rings. The van der Waals surface area contributed by atoms with Gasteiger partial charge in [0.2, 0.25) is 5.91 Å². The Hall–Kier alpha value is -3.26. The minimum absolute atomic E-state index is 0.0604. The maximum Gasteiger partial charge on any atom is 0.262 e. The van der Waals surface area contributed by atoms with Crippen LogP contribution in [0.1, 0.15) is 18.5 Å². The molecule has 0 spiro atoms. The lowest BCUT2D eigenvalue weighted by molar-refractivity contribution is -0.122. The first-order chi connectivity index (χ1) is 13.1. The van der Waals surface area contributed by atoms with Crippen molar-refractivity contribution in [1.82, 2.24) is 24.4 Å².